The van der Waals surface area contributed by atoms with Crippen LogP contribution in [0.25, 0.3) is 16.5 Å². The van der Waals surface area contributed by atoms with E-state index in [1.807, 2.05) is 31.2 Å². The Morgan fingerprint density at radius 3 is 2.42 bits per heavy atom. The molecule has 0 fully saturated rings. The first-order valence-corrected chi connectivity index (χ1v) is 10.2. The second kappa shape index (κ2) is 6.41. The lowest BCUT2D eigenvalue weighted by Crippen LogP contribution is -2.34. The lowest BCUT2D eigenvalue weighted by Gasteiger charge is -2.26. The summed E-state index contributed by atoms with van der Waals surface area (Å²) in [5.41, 5.74) is 5.74. The summed E-state index contributed by atoms with van der Waals surface area (Å²) in [6.07, 6.45) is 2.77. The van der Waals surface area contributed by atoms with Crippen molar-refractivity contribution in [3.63, 3.8) is 0 Å². The minimum absolute atomic E-state index is 0.364. The fourth-order valence-electron chi connectivity index (χ4n) is 3.65. The zero-order valence-corrected chi connectivity index (χ0v) is 15.8. The van der Waals surface area contributed by atoms with Crippen LogP contribution in [0.5, 0.6) is 0 Å². The minimum Gasteiger partial charge on any atom is -0.358 e. The molecule has 4 rings (SSSR count). The Kier molecular flexibility index (Phi) is 4.21. The van der Waals surface area contributed by atoms with Crippen molar-refractivity contribution in [3.05, 3.63) is 71.4 Å². The molecule has 0 unspecified atom stereocenters. The van der Waals surface area contributed by atoms with Gasteiger partial charge in [0.05, 0.1) is 4.90 Å². The molecule has 1 aliphatic rings. The molecule has 4 nitrogen and oxygen atoms in total. The Morgan fingerprint density at radius 1 is 1.00 bits per heavy atom. The Labute approximate surface area is 154 Å². The number of aromatic amines is 1. The van der Waals surface area contributed by atoms with Gasteiger partial charge in [0.1, 0.15) is 0 Å². The molecular weight excluding hydrogens is 344 g/mol. The van der Waals surface area contributed by atoms with Crippen LogP contribution in [0.3, 0.4) is 0 Å². The van der Waals surface area contributed by atoms with Gasteiger partial charge < -0.3 is 4.98 Å². The van der Waals surface area contributed by atoms with E-state index in [0.717, 1.165) is 16.8 Å². The SMILES string of the molecule is Cc1ccc(S(=O)(=O)N2CC=C(c3c(C)[nH]c4ccccc34)CC2)cc1. The number of nitrogens with one attached hydrogen (secondary N) is 1. The van der Waals surface area contributed by atoms with Crippen LogP contribution in [0.2, 0.25) is 0 Å². The molecular formula is C21H22N2O2S. The van der Waals surface area contributed by atoms with Crippen LogP contribution < -0.4 is 0 Å². The summed E-state index contributed by atoms with van der Waals surface area (Å²) < 4.78 is 27.3. The van der Waals surface area contributed by atoms with Crippen LogP contribution in [-0.4, -0.2) is 30.8 Å². The van der Waals surface area contributed by atoms with Crippen LogP contribution in [0.4, 0.5) is 0 Å². The van der Waals surface area contributed by atoms with Crippen molar-refractivity contribution in [2.24, 2.45) is 0 Å². The van der Waals surface area contributed by atoms with Gasteiger partial charge in [-0.2, -0.15) is 4.31 Å². The number of hydrogen-bond donors (Lipinski definition) is 1. The third-order valence-corrected chi connectivity index (χ3v) is 6.92. The van der Waals surface area contributed by atoms with E-state index in [1.165, 1.54) is 16.5 Å². The van der Waals surface area contributed by atoms with E-state index >= 15 is 0 Å². The maximum atomic E-state index is 12.9. The highest BCUT2D eigenvalue weighted by Crippen LogP contribution is 2.33. The van der Waals surface area contributed by atoms with E-state index in [2.05, 4.69) is 30.1 Å². The van der Waals surface area contributed by atoms with E-state index in [-0.39, 0.29) is 0 Å². The minimum atomic E-state index is -3.44. The first kappa shape index (κ1) is 17.1. The average molecular weight is 366 g/mol. The highest BCUT2D eigenvalue weighted by atomic mass is 32.2. The maximum absolute atomic E-state index is 12.9. The predicted molar refractivity (Wildman–Crippen MR) is 106 cm³/mol. The number of sulfonamides is 1. The van der Waals surface area contributed by atoms with E-state index in [0.29, 0.717) is 24.4 Å². The molecule has 5 heteroatoms. The molecule has 0 radical (unpaired) electrons. The molecule has 0 saturated carbocycles. The summed E-state index contributed by atoms with van der Waals surface area (Å²) in [6, 6.07) is 15.3. The molecule has 0 aliphatic carbocycles. The molecule has 134 valence electrons. The second-order valence-corrected chi connectivity index (χ2v) is 8.76. The number of para-hydroxylation sites is 1. The second-order valence-electron chi connectivity index (χ2n) is 6.83. The van der Waals surface area contributed by atoms with Crippen molar-refractivity contribution in [2.75, 3.05) is 13.1 Å². The quantitative estimate of drug-likeness (QED) is 0.753. The van der Waals surface area contributed by atoms with Crippen molar-refractivity contribution in [2.45, 2.75) is 25.2 Å². The van der Waals surface area contributed by atoms with Crippen molar-refractivity contribution in [3.8, 4) is 0 Å². The number of aryl methyl sites for hydroxylation is 2. The van der Waals surface area contributed by atoms with Crippen LogP contribution >= 0.6 is 0 Å². The molecule has 1 N–H and O–H groups in total. The average Bonchev–Trinajstić information content (AvgIpc) is 2.98. The van der Waals surface area contributed by atoms with Gasteiger partial charge in [0.15, 0.2) is 0 Å². The highest BCUT2D eigenvalue weighted by molar-refractivity contribution is 7.89. The Hall–Kier alpha value is -2.37. The van der Waals surface area contributed by atoms with E-state index < -0.39 is 10.0 Å². The van der Waals surface area contributed by atoms with Crippen molar-refractivity contribution < 1.29 is 8.42 Å². The molecule has 2 aromatic carbocycles. The summed E-state index contributed by atoms with van der Waals surface area (Å²) >= 11 is 0. The molecule has 0 saturated heterocycles. The molecule has 0 amide bonds. The van der Waals surface area contributed by atoms with Crippen molar-refractivity contribution in [1.29, 1.82) is 0 Å². The summed E-state index contributed by atoms with van der Waals surface area (Å²) in [4.78, 5) is 3.79. The molecule has 26 heavy (non-hydrogen) atoms. The molecule has 0 spiro atoms. The smallest absolute Gasteiger partial charge is 0.243 e. The number of hydrogen-bond acceptors (Lipinski definition) is 2. The van der Waals surface area contributed by atoms with Crippen molar-refractivity contribution in [1.82, 2.24) is 9.29 Å². The fourth-order valence-corrected chi connectivity index (χ4v) is 5.03. The van der Waals surface area contributed by atoms with Gasteiger partial charge in [-0.3, -0.25) is 0 Å². The van der Waals surface area contributed by atoms with Gasteiger partial charge in [0.2, 0.25) is 10.0 Å². The molecule has 0 atom stereocenters. The molecule has 1 aliphatic heterocycles. The standard InChI is InChI=1S/C21H22N2O2S/c1-15-7-9-18(10-8-15)26(24,25)23-13-11-17(12-14-23)21-16(2)22-20-6-4-3-5-19(20)21/h3-11,22H,12-14H2,1-2H3. The topological polar surface area (TPSA) is 53.2 Å². The van der Waals surface area contributed by atoms with Crippen LogP contribution in [0, 0.1) is 13.8 Å². The zero-order valence-electron chi connectivity index (χ0n) is 15.0. The lowest BCUT2D eigenvalue weighted by molar-refractivity contribution is 0.441. The molecule has 3 aromatic rings. The summed E-state index contributed by atoms with van der Waals surface area (Å²) in [5, 5.41) is 1.20. The van der Waals surface area contributed by atoms with Gasteiger partial charge in [-0.25, -0.2) is 8.42 Å². The monoisotopic (exact) mass is 366 g/mol. The van der Waals surface area contributed by atoms with Gasteiger partial charge in [0.25, 0.3) is 0 Å². The number of aromatic nitrogens is 1. The number of benzene rings is 2. The number of H-pyrrole nitrogens is 1. The predicted octanol–water partition coefficient (Wildman–Crippen LogP) is 4.26. The normalized spacial score (nSPS) is 16.0. The number of rotatable bonds is 3. The number of nitrogens with zero attached hydrogens (tertiary/aromatic N) is 1. The van der Waals surface area contributed by atoms with E-state index in [4.69, 9.17) is 0 Å². The molecule has 2 heterocycles. The van der Waals surface area contributed by atoms with Gasteiger partial charge in [0, 0.05) is 35.2 Å². The van der Waals surface area contributed by atoms with Crippen LogP contribution in [0.1, 0.15) is 23.2 Å². The van der Waals surface area contributed by atoms with E-state index in [1.54, 1.807) is 16.4 Å². The number of fused-ring (bicyclic) bond motifs is 1. The Balaban J connectivity index is 1.64. The van der Waals surface area contributed by atoms with Crippen molar-refractivity contribution >= 4 is 26.5 Å². The summed E-state index contributed by atoms with van der Waals surface area (Å²) in [5.74, 6) is 0. The zero-order chi connectivity index (χ0) is 18.3. The first-order valence-electron chi connectivity index (χ1n) is 8.80. The fraction of sp³-hybridized carbons (Fsp3) is 0.238. The largest absolute Gasteiger partial charge is 0.358 e. The van der Waals surface area contributed by atoms with Gasteiger partial charge in [-0.1, -0.05) is 42.0 Å². The van der Waals surface area contributed by atoms with Gasteiger partial charge in [-0.05, 0) is 44.0 Å². The molecule has 0 bridgehead atoms. The van der Waals surface area contributed by atoms with Crippen LogP contribution in [0.15, 0.2) is 59.5 Å². The Bertz CT molecular complexity index is 1090. The first-order chi connectivity index (χ1) is 12.5. The van der Waals surface area contributed by atoms with Gasteiger partial charge in [-0.15, -0.1) is 0 Å². The highest BCUT2D eigenvalue weighted by Gasteiger charge is 2.27. The summed E-state index contributed by atoms with van der Waals surface area (Å²) in [7, 11) is -3.44. The maximum Gasteiger partial charge on any atom is 0.243 e. The van der Waals surface area contributed by atoms with Crippen LogP contribution in [-0.2, 0) is 10.0 Å². The summed E-state index contributed by atoms with van der Waals surface area (Å²) in [6.45, 7) is 4.94. The Morgan fingerprint density at radius 2 is 1.73 bits per heavy atom. The van der Waals surface area contributed by atoms with E-state index in [9.17, 15) is 8.42 Å². The lowest BCUT2D eigenvalue weighted by atomic mass is 9.97. The van der Waals surface area contributed by atoms with Gasteiger partial charge >= 0.3 is 0 Å². The third-order valence-electron chi connectivity index (χ3n) is 5.05. The molecule has 1 aromatic heterocycles. The third kappa shape index (κ3) is 2.87.